The van der Waals surface area contributed by atoms with E-state index in [1.807, 2.05) is 31.2 Å². The second kappa shape index (κ2) is 9.94. The van der Waals surface area contributed by atoms with Crippen LogP contribution in [0.3, 0.4) is 0 Å². The Morgan fingerprint density at radius 2 is 1.50 bits per heavy atom. The third-order valence-electron chi connectivity index (χ3n) is 6.42. The van der Waals surface area contributed by atoms with E-state index in [1.54, 1.807) is 22.0 Å². The molecule has 2 aliphatic rings. The number of carbonyl (C=O) groups is 1. The van der Waals surface area contributed by atoms with E-state index >= 15 is 0 Å². The quantitative estimate of drug-likeness (QED) is 0.394. The van der Waals surface area contributed by atoms with Gasteiger partial charge in [-0.25, -0.2) is 9.80 Å². The minimum Gasteiger partial charge on any atom is -0.261 e. The number of hydrogen-bond donors (Lipinski definition) is 0. The number of para-hydroxylation sites is 1. The summed E-state index contributed by atoms with van der Waals surface area (Å²) in [6.45, 7) is 1.94. The van der Waals surface area contributed by atoms with Crippen molar-refractivity contribution in [1.29, 1.82) is 0 Å². The van der Waals surface area contributed by atoms with E-state index in [-0.39, 0.29) is 17.8 Å². The Balaban J connectivity index is 1.73. The Morgan fingerprint density at radius 3 is 2.12 bits per heavy atom. The maximum absolute atomic E-state index is 13.9. The highest BCUT2D eigenvalue weighted by Crippen LogP contribution is 2.35. The van der Waals surface area contributed by atoms with Crippen LogP contribution in [0.1, 0.15) is 70.3 Å². The molecule has 0 aromatic heterocycles. The molecule has 32 heavy (non-hydrogen) atoms. The van der Waals surface area contributed by atoms with Crippen molar-refractivity contribution < 1.29 is 9.72 Å². The zero-order valence-electron chi connectivity index (χ0n) is 18.6. The Hall–Kier alpha value is -3.22. The highest BCUT2D eigenvalue weighted by atomic mass is 16.6. The van der Waals surface area contributed by atoms with Crippen molar-refractivity contribution in [3.63, 3.8) is 0 Å². The van der Waals surface area contributed by atoms with Gasteiger partial charge in [-0.15, -0.1) is 0 Å². The van der Waals surface area contributed by atoms with Gasteiger partial charge in [0.05, 0.1) is 28.1 Å². The standard InChI is InChI=1S/C25H30N4O3/c1-19-23-13-9-10-14-24(23)27(20-15-17-22(18-16-20)29(31)32)25(30)28(26-19)21-11-7-5-3-2-4-6-8-12-21/h9-10,13-18,21H,2-8,11-12H2,1H3. The molecule has 7 nitrogen and oxygen atoms in total. The van der Waals surface area contributed by atoms with Crippen molar-refractivity contribution in [2.24, 2.45) is 5.10 Å². The lowest BCUT2D eigenvalue weighted by Gasteiger charge is -2.32. The number of hydrogen-bond acceptors (Lipinski definition) is 4. The van der Waals surface area contributed by atoms with E-state index in [9.17, 15) is 14.9 Å². The molecule has 0 radical (unpaired) electrons. The number of rotatable bonds is 3. The molecule has 7 heteroatoms. The molecular formula is C25H30N4O3. The van der Waals surface area contributed by atoms with Crippen LogP contribution in [0.4, 0.5) is 21.9 Å². The van der Waals surface area contributed by atoms with Gasteiger partial charge < -0.3 is 0 Å². The number of carbonyl (C=O) groups excluding carboxylic acids is 1. The highest BCUT2D eigenvalue weighted by molar-refractivity contribution is 6.12. The summed E-state index contributed by atoms with van der Waals surface area (Å²) in [5.74, 6) is 0. The largest absolute Gasteiger partial charge is 0.349 e. The van der Waals surface area contributed by atoms with Crippen LogP contribution < -0.4 is 4.90 Å². The summed E-state index contributed by atoms with van der Waals surface area (Å²) in [7, 11) is 0. The summed E-state index contributed by atoms with van der Waals surface area (Å²) in [5.41, 5.74) is 3.04. The number of urea groups is 1. The van der Waals surface area contributed by atoms with Gasteiger partial charge in [0.2, 0.25) is 0 Å². The fraction of sp³-hybridized carbons (Fsp3) is 0.440. The fourth-order valence-electron chi connectivity index (χ4n) is 4.68. The van der Waals surface area contributed by atoms with E-state index in [0.717, 1.165) is 42.6 Å². The van der Waals surface area contributed by atoms with Crippen LogP contribution in [0.5, 0.6) is 0 Å². The maximum Gasteiger partial charge on any atom is 0.349 e. The van der Waals surface area contributed by atoms with E-state index in [2.05, 4.69) is 0 Å². The topological polar surface area (TPSA) is 79.0 Å². The first-order chi connectivity index (χ1) is 15.6. The van der Waals surface area contributed by atoms with E-state index < -0.39 is 4.92 Å². The molecule has 2 aromatic rings. The minimum atomic E-state index is -0.429. The van der Waals surface area contributed by atoms with E-state index in [0.29, 0.717) is 5.69 Å². The smallest absolute Gasteiger partial charge is 0.261 e. The Kier molecular flexibility index (Phi) is 6.83. The molecule has 0 spiro atoms. The number of benzene rings is 2. The maximum atomic E-state index is 13.9. The third kappa shape index (κ3) is 4.66. The van der Waals surface area contributed by atoms with Gasteiger partial charge in [0.25, 0.3) is 5.69 Å². The number of amides is 2. The SMILES string of the molecule is CC1=NN(C2CCCCCCCCC2)C(=O)N(c2ccc([N+](=O)[O-])cc2)c2ccccc21. The number of non-ortho nitro benzene ring substituents is 1. The molecule has 1 fully saturated rings. The fourth-order valence-corrected chi connectivity index (χ4v) is 4.68. The molecule has 1 aliphatic heterocycles. The summed E-state index contributed by atoms with van der Waals surface area (Å²) in [5, 5.41) is 17.6. The van der Waals surface area contributed by atoms with Crippen molar-refractivity contribution in [3.05, 3.63) is 64.2 Å². The number of anilines is 2. The van der Waals surface area contributed by atoms with Crippen LogP contribution in [-0.4, -0.2) is 27.7 Å². The summed E-state index contributed by atoms with van der Waals surface area (Å²) < 4.78 is 0. The molecule has 1 heterocycles. The number of nitro groups is 1. The molecule has 0 unspecified atom stereocenters. The van der Waals surface area contributed by atoms with Crippen LogP contribution in [0.15, 0.2) is 53.6 Å². The molecule has 0 atom stereocenters. The summed E-state index contributed by atoms with van der Waals surface area (Å²) in [6, 6.07) is 13.7. The van der Waals surface area contributed by atoms with E-state index in [1.165, 1.54) is 44.2 Å². The van der Waals surface area contributed by atoms with Gasteiger partial charge in [-0.2, -0.15) is 5.10 Å². The number of nitro benzene ring substituents is 1. The lowest BCUT2D eigenvalue weighted by Crippen LogP contribution is -2.43. The van der Waals surface area contributed by atoms with E-state index in [4.69, 9.17) is 5.10 Å². The molecule has 1 aliphatic carbocycles. The summed E-state index contributed by atoms with van der Waals surface area (Å²) in [4.78, 5) is 26.3. The normalized spacial score (nSPS) is 18.5. The Labute approximate surface area is 188 Å². The van der Waals surface area contributed by atoms with Crippen LogP contribution in [0.2, 0.25) is 0 Å². The first-order valence-electron chi connectivity index (χ1n) is 11.6. The average Bonchev–Trinajstić information content (AvgIpc) is 2.92. The molecule has 0 N–H and O–H groups in total. The number of fused-ring (bicyclic) bond motifs is 1. The van der Waals surface area contributed by atoms with Gasteiger partial charge in [0.1, 0.15) is 0 Å². The lowest BCUT2D eigenvalue weighted by atomic mass is 9.97. The Morgan fingerprint density at radius 1 is 0.906 bits per heavy atom. The predicted molar refractivity (Wildman–Crippen MR) is 126 cm³/mol. The average molecular weight is 435 g/mol. The van der Waals surface area contributed by atoms with Gasteiger partial charge in [-0.1, -0.05) is 63.1 Å². The molecular weight excluding hydrogens is 404 g/mol. The van der Waals surface area contributed by atoms with Gasteiger partial charge in [0.15, 0.2) is 0 Å². The Bertz CT molecular complexity index is 993. The first kappa shape index (κ1) is 22.0. The number of nitrogens with zero attached hydrogens (tertiary/aromatic N) is 4. The van der Waals surface area contributed by atoms with Crippen molar-refractivity contribution >= 4 is 28.8 Å². The zero-order chi connectivity index (χ0) is 22.5. The zero-order valence-corrected chi connectivity index (χ0v) is 18.6. The minimum absolute atomic E-state index is 0.000857. The van der Waals surface area contributed by atoms with Crippen LogP contribution in [0.25, 0.3) is 0 Å². The second-order valence-electron chi connectivity index (χ2n) is 8.64. The molecule has 0 bridgehead atoms. The second-order valence-corrected chi connectivity index (χ2v) is 8.64. The van der Waals surface area contributed by atoms with Crippen molar-refractivity contribution in [3.8, 4) is 0 Å². The molecule has 0 saturated heterocycles. The summed E-state index contributed by atoms with van der Waals surface area (Å²) >= 11 is 0. The van der Waals surface area contributed by atoms with Crippen LogP contribution in [-0.2, 0) is 0 Å². The van der Waals surface area contributed by atoms with Gasteiger partial charge >= 0.3 is 6.03 Å². The monoisotopic (exact) mass is 434 g/mol. The highest BCUT2D eigenvalue weighted by Gasteiger charge is 2.34. The van der Waals surface area contributed by atoms with Gasteiger partial charge in [0, 0.05) is 17.7 Å². The molecule has 1 saturated carbocycles. The molecule has 168 valence electrons. The molecule has 4 rings (SSSR count). The van der Waals surface area contributed by atoms with Gasteiger partial charge in [-0.3, -0.25) is 15.0 Å². The molecule has 2 aromatic carbocycles. The van der Waals surface area contributed by atoms with Crippen molar-refractivity contribution in [1.82, 2.24) is 5.01 Å². The third-order valence-corrected chi connectivity index (χ3v) is 6.42. The van der Waals surface area contributed by atoms with Crippen LogP contribution in [0, 0.1) is 10.1 Å². The molecule has 2 amide bonds. The lowest BCUT2D eigenvalue weighted by molar-refractivity contribution is -0.384. The predicted octanol–water partition coefficient (Wildman–Crippen LogP) is 6.79. The van der Waals surface area contributed by atoms with Crippen LogP contribution >= 0.6 is 0 Å². The van der Waals surface area contributed by atoms with Crippen molar-refractivity contribution in [2.45, 2.75) is 70.8 Å². The van der Waals surface area contributed by atoms with Crippen molar-refractivity contribution in [2.75, 3.05) is 4.90 Å². The number of hydrazone groups is 1. The first-order valence-corrected chi connectivity index (χ1v) is 11.6. The summed E-state index contributed by atoms with van der Waals surface area (Å²) in [6.07, 6.45) is 10.2. The van der Waals surface area contributed by atoms with Gasteiger partial charge in [-0.05, 0) is 38.0 Å².